The number of carbonyl (C=O) groups excluding carboxylic acids is 1. The number of para-hydroxylation sites is 1. The number of rotatable bonds is 6. The first-order valence-corrected chi connectivity index (χ1v) is 10.9. The largest absolute Gasteiger partial charge is 0.399 e. The normalized spacial score (nSPS) is 12.6. The van der Waals surface area contributed by atoms with Crippen molar-refractivity contribution >= 4 is 45.8 Å². The number of H-pyrrole nitrogens is 1. The number of hydrogen-bond acceptors (Lipinski definition) is 6. The second-order valence-corrected chi connectivity index (χ2v) is 8.24. The number of thioether (sulfide) groups is 1. The summed E-state index contributed by atoms with van der Waals surface area (Å²) in [7, 11) is 0. The first kappa shape index (κ1) is 20.2. The SMILES string of the molecule is CCc1cc(N)cc2c1CC(NC(=O)CCCSc1nc3ccccc3c(=O)[nH]1)=N2. The molecule has 8 heteroatoms. The third kappa shape index (κ3) is 4.38. The maximum absolute atomic E-state index is 12.3. The third-order valence-corrected chi connectivity index (χ3v) is 5.94. The lowest BCUT2D eigenvalue weighted by Gasteiger charge is -2.07. The molecule has 4 rings (SSSR count). The van der Waals surface area contributed by atoms with Crippen LogP contribution in [0.5, 0.6) is 0 Å². The Morgan fingerprint density at radius 3 is 2.97 bits per heavy atom. The molecule has 0 fully saturated rings. The van der Waals surface area contributed by atoms with Gasteiger partial charge in [-0.15, -0.1) is 0 Å². The number of aromatic amines is 1. The minimum atomic E-state index is -0.147. The van der Waals surface area contributed by atoms with Crippen LogP contribution in [-0.4, -0.2) is 27.5 Å². The van der Waals surface area contributed by atoms with E-state index in [4.69, 9.17) is 5.73 Å². The first-order valence-electron chi connectivity index (χ1n) is 9.94. The molecule has 0 radical (unpaired) electrons. The van der Waals surface area contributed by atoms with Crippen molar-refractivity contribution in [2.24, 2.45) is 4.99 Å². The second kappa shape index (κ2) is 8.71. The van der Waals surface area contributed by atoms with Crippen LogP contribution < -0.4 is 16.6 Å². The number of aliphatic imine (C=N–C) groups is 1. The Morgan fingerprint density at radius 2 is 2.13 bits per heavy atom. The molecule has 0 aliphatic carbocycles. The number of nitrogens with two attached hydrogens (primary N) is 1. The van der Waals surface area contributed by atoms with E-state index < -0.39 is 0 Å². The summed E-state index contributed by atoms with van der Waals surface area (Å²) in [6.45, 7) is 2.08. The number of anilines is 1. The lowest BCUT2D eigenvalue weighted by atomic mass is 10.0. The molecule has 0 bridgehead atoms. The van der Waals surface area contributed by atoms with Crippen LogP contribution in [0.15, 0.2) is 51.3 Å². The van der Waals surface area contributed by atoms with Gasteiger partial charge >= 0.3 is 0 Å². The Kier molecular flexibility index (Phi) is 5.85. The van der Waals surface area contributed by atoms with E-state index in [0.717, 1.165) is 17.7 Å². The smallest absolute Gasteiger partial charge is 0.259 e. The Bertz CT molecular complexity index is 1200. The van der Waals surface area contributed by atoms with Gasteiger partial charge in [0.15, 0.2) is 5.16 Å². The molecule has 1 aliphatic rings. The molecule has 1 amide bonds. The van der Waals surface area contributed by atoms with Gasteiger partial charge in [-0.25, -0.2) is 9.98 Å². The number of amides is 1. The highest BCUT2D eigenvalue weighted by atomic mass is 32.2. The Hall–Kier alpha value is -3.13. The van der Waals surface area contributed by atoms with Gasteiger partial charge in [-0.05, 0) is 48.2 Å². The molecule has 2 heterocycles. The van der Waals surface area contributed by atoms with Gasteiger partial charge in [0, 0.05) is 24.3 Å². The first-order chi connectivity index (χ1) is 14.5. The average molecular weight is 422 g/mol. The van der Waals surface area contributed by atoms with Crippen molar-refractivity contribution in [3.8, 4) is 0 Å². The number of nitrogen functional groups attached to an aromatic ring is 1. The number of amidine groups is 1. The molecule has 154 valence electrons. The molecule has 0 spiro atoms. The van der Waals surface area contributed by atoms with Crippen molar-refractivity contribution in [2.45, 2.75) is 37.8 Å². The molecular formula is C22H23N5O2S. The van der Waals surface area contributed by atoms with Gasteiger partial charge in [0.05, 0.1) is 16.6 Å². The highest BCUT2D eigenvalue weighted by Gasteiger charge is 2.19. The summed E-state index contributed by atoms with van der Waals surface area (Å²) in [6, 6.07) is 11.1. The highest BCUT2D eigenvalue weighted by molar-refractivity contribution is 7.99. The molecule has 0 unspecified atom stereocenters. The van der Waals surface area contributed by atoms with Crippen LogP contribution >= 0.6 is 11.8 Å². The Morgan fingerprint density at radius 1 is 1.30 bits per heavy atom. The molecule has 4 N–H and O–H groups in total. The van der Waals surface area contributed by atoms with E-state index in [1.54, 1.807) is 6.07 Å². The van der Waals surface area contributed by atoms with Crippen LogP contribution in [0.4, 0.5) is 11.4 Å². The maximum atomic E-state index is 12.3. The highest BCUT2D eigenvalue weighted by Crippen LogP contribution is 2.32. The molecule has 7 nitrogen and oxygen atoms in total. The zero-order chi connectivity index (χ0) is 21.1. The zero-order valence-electron chi connectivity index (χ0n) is 16.7. The fourth-order valence-electron chi connectivity index (χ4n) is 3.54. The van der Waals surface area contributed by atoms with Crippen LogP contribution in [0, 0.1) is 0 Å². The molecule has 1 aliphatic heterocycles. The standard InChI is InChI=1S/C22H23N5O2S/c1-2-13-10-14(23)11-18-16(13)12-19(24-18)26-20(28)8-5-9-30-22-25-17-7-4-3-6-15(17)21(29)27-22/h3-4,6-7,10-11H,2,5,8-9,12,23H2,1H3,(H,24,26,28)(H,25,27,29). The Labute approximate surface area is 178 Å². The van der Waals surface area contributed by atoms with E-state index >= 15 is 0 Å². The minimum absolute atomic E-state index is 0.0619. The average Bonchev–Trinajstić information content (AvgIpc) is 3.12. The number of fused-ring (bicyclic) bond motifs is 2. The molecule has 1 aromatic heterocycles. The van der Waals surface area contributed by atoms with Gasteiger partial charge in [-0.1, -0.05) is 30.8 Å². The van der Waals surface area contributed by atoms with Gasteiger partial charge in [0.25, 0.3) is 5.56 Å². The summed E-state index contributed by atoms with van der Waals surface area (Å²) in [5.74, 6) is 1.29. The van der Waals surface area contributed by atoms with Gasteiger partial charge < -0.3 is 16.0 Å². The molecule has 0 atom stereocenters. The summed E-state index contributed by atoms with van der Waals surface area (Å²) >= 11 is 1.44. The van der Waals surface area contributed by atoms with E-state index in [9.17, 15) is 9.59 Å². The number of nitrogens with zero attached hydrogens (tertiary/aromatic N) is 2. The fraction of sp³-hybridized carbons (Fsp3) is 0.273. The molecule has 0 saturated carbocycles. The number of carbonyl (C=O) groups is 1. The predicted octanol–water partition coefficient (Wildman–Crippen LogP) is 3.34. The van der Waals surface area contributed by atoms with Crippen molar-refractivity contribution in [3.63, 3.8) is 0 Å². The number of aryl methyl sites for hydroxylation is 1. The van der Waals surface area contributed by atoms with Gasteiger partial charge in [0.2, 0.25) is 5.91 Å². The van der Waals surface area contributed by atoms with Crippen LogP contribution in [0.1, 0.15) is 30.9 Å². The van der Waals surface area contributed by atoms with Crippen LogP contribution in [0.25, 0.3) is 10.9 Å². The number of aromatic nitrogens is 2. The summed E-state index contributed by atoms with van der Waals surface area (Å²) in [5.41, 5.74) is 10.3. The van der Waals surface area contributed by atoms with E-state index in [-0.39, 0.29) is 11.5 Å². The van der Waals surface area contributed by atoms with Crippen LogP contribution in [0.2, 0.25) is 0 Å². The van der Waals surface area contributed by atoms with E-state index in [1.165, 1.54) is 17.3 Å². The number of hydrogen-bond donors (Lipinski definition) is 3. The van der Waals surface area contributed by atoms with Crippen molar-refractivity contribution in [1.82, 2.24) is 15.3 Å². The second-order valence-electron chi connectivity index (χ2n) is 7.15. The third-order valence-electron chi connectivity index (χ3n) is 4.98. The number of nitrogens with one attached hydrogen (secondary N) is 2. The fourth-order valence-corrected chi connectivity index (χ4v) is 4.35. The van der Waals surface area contributed by atoms with Crippen molar-refractivity contribution in [3.05, 3.63) is 57.9 Å². The minimum Gasteiger partial charge on any atom is -0.399 e. The Balaban J connectivity index is 1.28. The summed E-state index contributed by atoms with van der Waals surface area (Å²) in [5, 5.41) is 4.06. The van der Waals surface area contributed by atoms with Gasteiger partial charge in [0.1, 0.15) is 5.84 Å². The quantitative estimate of drug-likeness (QED) is 0.244. The summed E-state index contributed by atoms with van der Waals surface area (Å²) in [4.78, 5) is 36.2. The van der Waals surface area contributed by atoms with E-state index in [2.05, 4.69) is 27.2 Å². The molecule has 3 aromatic rings. The zero-order valence-corrected chi connectivity index (χ0v) is 17.5. The monoisotopic (exact) mass is 421 g/mol. The van der Waals surface area contributed by atoms with E-state index in [1.807, 2.05) is 30.3 Å². The molecular weight excluding hydrogens is 398 g/mol. The topological polar surface area (TPSA) is 113 Å². The molecule has 2 aromatic carbocycles. The van der Waals surface area contributed by atoms with E-state index in [0.29, 0.717) is 52.6 Å². The van der Waals surface area contributed by atoms with Crippen molar-refractivity contribution < 1.29 is 4.79 Å². The maximum Gasteiger partial charge on any atom is 0.259 e. The summed E-state index contributed by atoms with van der Waals surface area (Å²) < 4.78 is 0. The van der Waals surface area contributed by atoms with Crippen LogP contribution in [-0.2, 0) is 17.6 Å². The lowest BCUT2D eigenvalue weighted by Crippen LogP contribution is -2.30. The lowest BCUT2D eigenvalue weighted by molar-refractivity contribution is -0.119. The molecule has 0 saturated heterocycles. The predicted molar refractivity (Wildman–Crippen MR) is 121 cm³/mol. The molecule has 30 heavy (non-hydrogen) atoms. The van der Waals surface area contributed by atoms with Gasteiger partial charge in [-0.3, -0.25) is 9.59 Å². The van der Waals surface area contributed by atoms with Crippen LogP contribution in [0.3, 0.4) is 0 Å². The summed E-state index contributed by atoms with van der Waals surface area (Å²) in [6.07, 6.45) is 2.55. The van der Waals surface area contributed by atoms with Crippen molar-refractivity contribution in [1.29, 1.82) is 0 Å². The van der Waals surface area contributed by atoms with Gasteiger partial charge in [-0.2, -0.15) is 0 Å². The van der Waals surface area contributed by atoms with Crippen molar-refractivity contribution in [2.75, 3.05) is 11.5 Å². The number of benzene rings is 2.